The third-order valence-electron chi connectivity index (χ3n) is 3.74. The van der Waals surface area contributed by atoms with Crippen LogP contribution in [0.1, 0.15) is 21.7 Å². The van der Waals surface area contributed by atoms with Crippen molar-refractivity contribution in [1.29, 1.82) is 0 Å². The number of carbonyl (C=O) groups is 1. The zero-order valence-electron chi connectivity index (χ0n) is 13.3. The number of methoxy groups -OCH3 is 2. The summed E-state index contributed by atoms with van der Waals surface area (Å²) in [7, 11) is 4.96. The molecular weight excluding hydrogens is 304 g/mol. The minimum Gasteiger partial charge on any atom is -0.495 e. The molecule has 1 N–H and O–H groups in total. The smallest absolute Gasteiger partial charge is 0.257 e. The summed E-state index contributed by atoms with van der Waals surface area (Å²) >= 11 is 6.06. The van der Waals surface area contributed by atoms with E-state index in [2.05, 4.69) is 5.32 Å². The Morgan fingerprint density at radius 3 is 2.27 bits per heavy atom. The first-order valence-corrected chi connectivity index (χ1v) is 7.12. The van der Waals surface area contributed by atoms with Crippen molar-refractivity contribution in [2.75, 3.05) is 19.5 Å². The van der Waals surface area contributed by atoms with Gasteiger partial charge in [-0.1, -0.05) is 11.6 Å². The summed E-state index contributed by atoms with van der Waals surface area (Å²) in [5.41, 5.74) is 3.05. The molecule has 0 aliphatic carbocycles. The molecule has 0 atom stereocenters. The van der Waals surface area contributed by atoms with E-state index in [1.165, 1.54) is 14.2 Å². The molecule has 1 aromatic carbocycles. The lowest BCUT2D eigenvalue weighted by Crippen LogP contribution is -2.13. The highest BCUT2D eigenvalue weighted by Crippen LogP contribution is 2.36. The molecule has 1 aromatic heterocycles. The number of hydrogen-bond acceptors (Lipinski definition) is 3. The lowest BCUT2D eigenvalue weighted by Gasteiger charge is -2.13. The van der Waals surface area contributed by atoms with Crippen molar-refractivity contribution in [3.05, 3.63) is 40.2 Å². The van der Waals surface area contributed by atoms with Crippen LogP contribution in [0.5, 0.6) is 11.5 Å². The van der Waals surface area contributed by atoms with Gasteiger partial charge in [-0.05, 0) is 19.9 Å². The van der Waals surface area contributed by atoms with Crippen LogP contribution in [-0.4, -0.2) is 24.7 Å². The quantitative estimate of drug-likeness (QED) is 0.936. The van der Waals surface area contributed by atoms with Gasteiger partial charge in [-0.15, -0.1) is 0 Å². The average molecular weight is 323 g/mol. The van der Waals surface area contributed by atoms with Crippen LogP contribution in [0.25, 0.3) is 0 Å². The molecule has 0 radical (unpaired) electrons. The topological polar surface area (TPSA) is 52.5 Å². The number of nitrogens with zero attached hydrogens (tertiary/aromatic N) is 1. The van der Waals surface area contributed by atoms with Crippen molar-refractivity contribution in [1.82, 2.24) is 4.57 Å². The molecule has 1 heterocycles. The molecule has 0 aliphatic rings. The summed E-state index contributed by atoms with van der Waals surface area (Å²) in [5.74, 6) is 0.743. The Hall–Kier alpha value is -2.14. The Morgan fingerprint density at radius 1 is 1.14 bits per heavy atom. The van der Waals surface area contributed by atoms with E-state index in [9.17, 15) is 4.79 Å². The zero-order valence-corrected chi connectivity index (χ0v) is 14.0. The second kappa shape index (κ2) is 6.32. The molecule has 0 spiro atoms. The summed E-state index contributed by atoms with van der Waals surface area (Å²) < 4.78 is 12.4. The summed E-state index contributed by atoms with van der Waals surface area (Å²) in [6, 6.07) is 5.10. The summed E-state index contributed by atoms with van der Waals surface area (Å²) in [6.07, 6.45) is 0. The van der Waals surface area contributed by atoms with E-state index in [-0.39, 0.29) is 5.91 Å². The third-order valence-corrected chi connectivity index (χ3v) is 4.04. The van der Waals surface area contributed by atoms with Crippen molar-refractivity contribution in [2.24, 2.45) is 7.05 Å². The molecule has 1 amide bonds. The fourth-order valence-corrected chi connectivity index (χ4v) is 2.46. The van der Waals surface area contributed by atoms with Crippen LogP contribution in [0, 0.1) is 13.8 Å². The molecule has 0 fully saturated rings. The molecule has 118 valence electrons. The number of anilines is 1. The number of aryl methyl sites for hydroxylation is 1. The monoisotopic (exact) mass is 322 g/mol. The zero-order chi connectivity index (χ0) is 16.4. The van der Waals surface area contributed by atoms with Crippen LogP contribution in [0.15, 0.2) is 18.2 Å². The largest absolute Gasteiger partial charge is 0.495 e. The van der Waals surface area contributed by atoms with E-state index < -0.39 is 0 Å². The van der Waals surface area contributed by atoms with Gasteiger partial charge < -0.3 is 19.4 Å². The van der Waals surface area contributed by atoms with Gasteiger partial charge in [0.25, 0.3) is 5.91 Å². The van der Waals surface area contributed by atoms with Crippen molar-refractivity contribution >= 4 is 23.2 Å². The number of halogens is 1. The van der Waals surface area contributed by atoms with Gasteiger partial charge in [-0.25, -0.2) is 0 Å². The minimum atomic E-state index is -0.205. The number of carbonyl (C=O) groups excluding carboxylic acids is 1. The van der Waals surface area contributed by atoms with Gasteiger partial charge in [0.15, 0.2) is 0 Å². The predicted molar refractivity (Wildman–Crippen MR) is 87.4 cm³/mol. The van der Waals surface area contributed by atoms with Gasteiger partial charge in [-0.3, -0.25) is 4.79 Å². The Morgan fingerprint density at radius 2 is 1.77 bits per heavy atom. The third kappa shape index (κ3) is 2.90. The molecule has 0 saturated heterocycles. The predicted octanol–water partition coefficient (Wildman–Crippen LogP) is 3.56. The van der Waals surface area contributed by atoms with E-state index >= 15 is 0 Å². The van der Waals surface area contributed by atoms with Crippen molar-refractivity contribution in [3.63, 3.8) is 0 Å². The molecule has 0 saturated carbocycles. The normalized spacial score (nSPS) is 10.5. The number of nitrogens with one attached hydrogen (secondary N) is 1. The van der Waals surface area contributed by atoms with Gasteiger partial charge in [0.2, 0.25) is 0 Å². The van der Waals surface area contributed by atoms with Gasteiger partial charge in [-0.2, -0.15) is 0 Å². The molecule has 2 rings (SSSR count). The average Bonchev–Trinajstić information content (AvgIpc) is 2.76. The maximum absolute atomic E-state index is 12.5. The first kappa shape index (κ1) is 16.2. The number of hydrogen-bond donors (Lipinski definition) is 1. The maximum Gasteiger partial charge on any atom is 0.257 e. The van der Waals surface area contributed by atoms with Gasteiger partial charge in [0, 0.05) is 30.6 Å². The van der Waals surface area contributed by atoms with Gasteiger partial charge in [0.05, 0.1) is 30.5 Å². The Balaban J connectivity index is 2.37. The van der Waals surface area contributed by atoms with E-state index in [1.807, 2.05) is 31.5 Å². The number of amides is 1. The van der Waals surface area contributed by atoms with E-state index in [0.717, 1.165) is 11.4 Å². The second-order valence-corrected chi connectivity index (χ2v) is 5.39. The van der Waals surface area contributed by atoms with Crippen LogP contribution < -0.4 is 14.8 Å². The number of rotatable bonds is 4. The fourth-order valence-electron chi connectivity index (χ4n) is 2.23. The molecule has 0 aliphatic heterocycles. The number of ether oxygens (including phenoxy) is 2. The summed E-state index contributed by atoms with van der Waals surface area (Å²) in [5, 5.41) is 3.27. The van der Waals surface area contributed by atoms with Crippen molar-refractivity contribution in [3.8, 4) is 11.5 Å². The second-order valence-electron chi connectivity index (χ2n) is 4.98. The first-order valence-electron chi connectivity index (χ1n) is 6.74. The Labute approximate surface area is 134 Å². The molecular formula is C16H19ClN2O3. The molecule has 6 heteroatoms. The lowest BCUT2D eigenvalue weighted by atomic mass is 10.2. The maximum atomic E-state index is 12.5. The number of aromatic nitrogens is 1. The number of benzene rings is 1. The molecule has 22 heavy (non-hydrogen) atoms. The van der Waals surface area contributed by atoms with E-state index in [4.69, 9.17) is 21.1 Å². The highest BCUT2D eigenvalue weighted by molar-refractivity contribution is 6.32. The van der Waals surface area contributed by atoms with Crippen LogP contribution >= 0.6 is 11.6 Å². The molecule has 0 bridgehead atoms. The van der Waals surface area contributed by atoms with Crippen LogP contribution in [0.2, 0.25) is 5.02 Å². The molecule has 0 unspecified atom stereocenters. The highest BCUT2D eigenvalue weighted by Gasteiger charge is 2.17. The van der Waals surface area contributed by atoms with Crippen LogP contribution in [0.3, 0.4) is 0 Å². The Bertz CT molecular complexity index is 723. The van der Waals surface area contributed by atoms with Crippen molar-refractivity contribution in [2.45, 2.75) is 13.8 Å². The van der Waals surface area contributed by atoms with Crippen molar-refractivity contribution < 1.29 is 14.3 Å². The summed E-state index contributed by atoms with van der Waals surface area (Å²) in [4.78, 5) is 12.5. The Kier molecular flexibility index (Phi) is 4.66. The fraction of sp³-hybridized carbons (Fsp3) is 0.312. The lowest BCUT2D eigenvalue weighted by molar-refractivity contribution is 0.102. The van der Waals surface area contributed by atoms with Gasteiger partial charge in [0.1, 0.15) is 11.5 Å². The first-order chi connectivity index (χ1) is 10.4. The van der Waals surface area contributed by atoms with Gasteiger partial charge >= 0.3 is 0 Å². The van der Waals surface area contributed by atoms with Crippen LogP contribution in [0.4, 0.5) is 5.69 Å². The SMILES string of the molecule is COc1cc(NC(=O)c2cc(C)n(C)c2C)c(OC)cc1Cl. The summed E-state index contributed by atoms with van der Waals surface area (Å²) in [6.45, 7) is 3.86. The standard InChI is InChI=1S/C16H19ClN2O3/c1-9-6-11(10(2)19(9)3)16(20)18-13-8-14(21-4)12(17)7-15(13)22-5/h6-8H,1-5H3,(H,18,20). The van der Waals surface area contributed by atoms with Crippen LogP contribution in [-0.2, 0) is 7.05 Å². The van der Waals surface area contributed by atoms with E-state index in [1.54, 1.807) is 12.1 Å². The molecule has 5 nitrogen and oxygen atoms in total. The molecule has 2 aromatic rings. The van der Waals surface area contributed by atoms with E-state index in [0.29, 0.717) is 27.8 Å². The highest BCUT2D eigenvalue weighted by atomic mass is 35.5. The minimum absolute atomic E-state index is 0.205.